The summed E-state index contributed by atoms with van der Waals surface area (Å²) in [7, 11) is -4.64. The predicted octanol–water partition coefficient (Wildman–Crippen LogP) is 12.3. The number of aliphatic hydroxyl groups is 2. The van der Waals surface area contributed by atoms with E-state index in [0.717, 1.165) is 64.2 Å². The zero-order valence-electron chi connectivity index (χ0n) is 36.3. The molecule has 0 saturated heterocycles. The zero-order chi connectivity index (χ0) is 41.9. The number of unbranched alkanes of at least 4 members (excludes halogenated alkanes) is 23. The number of allylic oxidation sites excluding steroid dienone is 6. The molecule has 0 aromatic rings. The summed E-state index contributed by atoms with van der Waals surface area (Å²) >= 11 is 0. The first-order valence-electron chi connectivity index (χ1n) is 22.9. The van der Waals surface area contributed by atoms with Crippen molar-refractivity contribution in [2.75, 3.05) is 26.4 Å². The van der Waals surface area contributed by atoms with Crippen molar-refractivity contribution in [2.24, 2.45) is 0 Å². The maximum absolute atomic E-state index is 12.4. The highest BCUT2D eigenvalue weighted by Crippen LogP contribution is 2.43. The molecule has 3 atom stereocenters. The quantitative estimate of drug-likeness (QED) is 0.0235. The first kappa shape index (κ1) is 55.2. The number of aliphatic hydroxyl groups excluding tert-OH is 2. The van der Waals surface area contributed by atoms with Gasteiger partial charge in [-0.05, 0) is 64.2 Å². The van der Waals surface area contributed by atoms with Crippen LogP contribution in [0.2, 0.25) is 0 Å². The maximum atomic E-state index is 12.4. The molecule has 0 spiro atoms. The normalized spacial score (nSPS) is 14.1. The molecule has 0 radical (unpaired) electrons. The topological polar surface area (TPSA) is 149 Å². The molecule has 0 aromatic carbocycles. The molecule has 0 amide bonds. The molecule has 11 heteroatoms. The molecule has 10 nitrogen and oxygen atoms in total. The Balaban J connectivity index is 3.87. The van der Waals surface area contributed by atoms with Crippen molar-refractivity contribution in [3.8, 4) is 0 Å². The van der Waals surface area contributed by atoms with Crippen molar-refractivity contribution in [3.63, 3.8) is 0 Å². The summed E-state index contributed by atoms with van der Waals surface area (Å²) < 4.78 is 32.6. The van der Waals surface area contributed by atoms with Crippen LogP contribution in [0.4, 0.5) is 0 Å². The van der Waals surface area contributed by atoms with E-state index in [-0.39, 0.29) is 12.8 Å². The van der Waals surface area contributed by atoms with Crippen LogP contribution >= 0.6 is 7.82 Å². The molecule has 0 aliphatic carbocycles. The van der Waals surface area contributed by atoms with E-state index in [1.54, 1.807) is 0 Å². The van der Waals surface area contributed by atoms with Gasteiger partial charge in [-0.15, -0.1) is 0 Å². The van der Waals surface area contributed by atoms with Gasteiger partial charge in [0.25, 0.3) is 0 Å². The van der Waals surface area contributed by atoms with Crippen LogP contribution in [-0.2, 0) is 32.7 Å². The lowest BCUT2D eigenvalue weighted by molar-refractivity contribution is -0.153. The summed E-state index contributed by atoms with van der Waals surface area (Å²) in [5, 5.41) is 19.2. The van der Waals surface area contributed by atoms with Crippen molar-refractivity contribution < 1.29 is 47.8 Å². The van der Waals surface area contributed by atoms with E-state index in [1.165, 1.54) is 103 Å². The van der Waals surface area contributed by atoms with Crippen molar-refractivity contribution >= 4 is 19.8 Å². The van der Waals surface area contributed by atoms with Crippen LogP contribution in [-0.4, -0.2) is 65.7 Å². The number of hydrogen-bond donors (Lipinski definition) is 3. The Kier molecular flexibility index (Phi) is 41.0. The number of phosphoric ester groups is 1. The van der Waals surface area contributed by atoms with Gasteiger partial charge in [-0.1, -0.05) is 166 Å². The van der Waals surface area contributed by atoms with Crippen LogP contribution in [0.1, 0.15) is 206 Å². The van der Waals surface area contributed by atoms with Crippen LogP contribution < -0.4 is 0 Å². The SMILES string of the molecule is CCC/C=C\C/C=C\CCCCCCCC(=O)OC(CO)COP(=O)(O)OCC(CO)OC(=O)CCCCCCCCCCC/C=C\CCCCCCCCCC. The molecule has 57 heavy (non-hydrogen) atoms. The molecule has 0 bridgehead atoms. The Morgan fingerprint density at radius 2 is 0.807 bits per heavy atom. The highest BCUT2D eigenvalue weighted by molar-refractivity contribution is 7.47. The molecule has 334 valence electrons. The van der Waals surface area contributed by atoms with Gasteiger partial charge in [0.1, 0.15) is 12.2 Å². The third-order valence-electron chi connectivity index (χ3n) is 9.81. The number of carbonyl (C=O) groups is 2. The Bertz CT molecular complexity index is 1050. The summed E-state index contributed by atoms with van der Waals surface area (Å²) in [6.45, 7) is 2.14. The van der Waals surface area contributed by atoms with Gasteiger partial charge in [-0.25, -0.2) is 4.57 Å². The highest BCUT2D eigenvalue weighted by Gasteiger charge is 2.27. The average molecular weight is 829 g/mol. The summed E-state index contributed by atoms with van der Waals surface area (Å²) in [6, 6.07) is 0. The van der Waals surface area contributed by atoms with E-state index in [1.807, 2.05) is 0 Å². The first-order chi connectivity index (χ1) is 27.8. The van der Waals surface area contributed by atoms with Gasteiger partial charge in [0.15, 0.2) is 0 Å². The number of hydrogen-bond acceptors (Lipinski definition) is 9. The minimum absolute atomic E-state index is 0.176. The molecule has 0 aliphatic heterocycles. The van der Waals surface area contributed by atoms with Crippen LogP contribution in [0.3, 0.4) is 0 Å². The van der Waals surface area contributed by atoms with Crippen LogP contribution in [0.15, 0.2) is 36.5 Å². The van der Waals surface area contributed by atoms with Crippen molar-refractivity contribution in [1.82, 2.24) is 0 Å². The molecule has 0 rings (SSSR count). The minimum atomic E-state index is -4.64. The number of esters is 2. The monoisotopic (exact) mass is 829 g/mol. The Hall–Kier alpha value is -1.81. The minimum Gasteiger partial charge on any atom is -0.457 e. The van der Waals surface area contributed by atoms with E-state index >= 15 is 0 Å². The molecule has 3 unspecified atom stereocenters. The maximum Gasteiger partial charge on any atom is 0.472 e. The Labute approximate surface area is 348 Å². The molecule has 3 N–H and O–H groups in total. The summed E-state index contributed by atoms with van der Waals surface area (Å²) in [5.74, 6) is -1.03. The van der Waals surface area contributed by atoms with Gasteiger partial charge < -0.3 is 24.6 Å². The molecule has 0 aliphatic rings. The van der Waals surface area contributed by atoms with Gasteiger partial charge >= 0.3 is 19.8 Å². The summed E-state index contributed by atoms with van der Waals surface area (Å²) in [4.78, 5) is 34.5. The van der Waals surface area contributed by atoms with Gasteiger partial charge in [-0.2, -0.15) is 0 Å². The first-order valence-corrected chi connectivity index (χ1v) is 24.4. The van der Waals surface area contributed by atoms with Gasteiger partial charge in [-0.3, -0.25) is 18.6 Å². The zero-order valence-corrected chi connectivity index (χ0v) is 37.2. The van der Waals surface area contributed by atoms with Crippen molar-refractivity contribution in [2.45, 2.75) is 219 Å². The fourth-order valence-electron chi connectivity index (χ4n) is 6.27. The molecule has 0 heterocycles. The third kappa shape index (κ3) is 40.7. The number of carbonyl (C=O) groups excluding carboxylic acids is 2. The van der Waals surface area contributed by atoms with Crippen molar-refractivity contribution in [1.29, 1.82) is 0 Å². The van der Waals surface area contributed by atoms with E-state index in [4.69, 9.17) is 18.5 Å². The number of ether oxygens (including phenoxy) is 2. The highest BCUT2D eigenvalue weighted by atomic mass is 31.2. The fraction of sp³-hybridized carbons (Fsp3) is 0.826. The molecule has 0 aromatic heterocycles. The van der Waals surface area contributed by atoms with Crippen LogP contribution in [0, 0.1) is 0 Å². The smallest absolute Gasteiger partial charge is 0.457 e. The second-order valence-corrected chi connectivity index (χ2v) is 16.8. The lowest BCUT2D eigenvalue weighted by Crippen LogP contribution is -2.28. The Morgan fingerprint density at radius 1 is 0.474 bits per heavy atom. The standard InChI is InChI=1S/C46H85O10P/c1-3-5-7-9-11-13-15-17-18-19-20-21-22-23-24-26-28-30-32-34-36-38-46(50)56-44(40-48)42-54-57(51,52)53-41-43(39-47)55-45(49)37-35-33-31-29-27-25-16-14-12-10-8-6-4-2/h8,10,14,16,19-20,43-44,47-48H,3-7,9,11-13,15,17-18,21-42H2,1-2H3,(H,51,52)/b10-8-,16-14-,20-19-. The number of rotatable bonds is 43. The lowest BCUT2D eigenvalue weighted by atomic mass is 10.1. The van der Waals surface area contributed by atoms with E-state index in [9.17, 15) is 29.3 Å². The summed E-state index contributed by atoms with van der Waals surface area (Å²) in [5.41, 5.74) is 0. The molecular weight excluding hydrogens is 743 g/mol. The molecule has 0 saturated carbocycles. The van der Waals surface area contributed by atoms with Crippen LogP contribution in [0.5, 0.6) is 0 Å². The largest absolute Gasteiger partial charge is 0.472 e. The van der Waals surface area contributed by atoms with Gasteiger partial charge in [0.2, 0.25) is 0 Å². The second kappa shape index (κ2) is 42.3. The van der Waals surface area contributed by atoms with Crippen LogP contribution in [0.25, 0.3) is 0 Å². The fourth-order valence-corrected chi connectivity index (χ4v) is 7.05. The summed E-state index contributed by atoms with van der Waals surface area (Å²) in [6.07, 6.45) is 44.1. The van der Waals surface area contributed by atoms with Gasteiger partial charge in [0.05, 0.1) is 26.4 Å². The molecular formula is C46H85O10P. The van der Waals surface area contributed by atoms with Gasteiger partial charge in [0, 0.05) is 12.8 Å². The second-order valence-electron chi connectivity index (χ2n) is 15.4. The number of phosphoric acid groups is 1. The van der Waals surface area contributed by atoms with E-state index in [2.05, 4.69) is 50.3 Å². The Morgan fingerprint density at radius 3 is 1.18 bits per heavy atom. The van der Waals surface area contributed by atoms with E-state index < -0.39 is 58.4 Å². The third-order valence-corrected chi connectivity index (χ3v) is 10.8. The average Bonchev–Trinajstić information content (AvgIpc) is 3.20. The predicted molar refractivity (Wildman–Crippen MR) is 233 cm³/mol. The molecule has 0 fully saturated rings. The van der Waals surface area contributed by atoms with E-state index in [0.29, 0.717) is 12.8 Å². The lowest BCUT2D eigenvalue weighted by Gasteiger charge is -2.20. The van der Waals surface area contributed by atoms with Crippen molar-refractivity contribution in [3.05, 3.63) is 36.5 Å².